The summed E-state index contributed by atoms with van der Waals surface area (Å²) >= 11 is 1.07. The lowest BCUT2D eigenvalue weighted by Gasteiger charge is -2.39. The predicted molar refractivity (Wildman–Crippen MR) is 117 cm³/mol. The molecular formula is C23H23FN4O2S. The third-order valence-electron chi connectivity index (χ3n) is 5.65. The second-order valence-electron chi connectivity index (χ2n) is 7.54. The SMILES string of the molecule is CCc1nnsc1C(=O)N1CCN(C)C(=O)C1Cc1ccccc1-c1ccc(F)cc1. The van der Waals surface area contributed by atoms with E-state index in [1.54, 1.807) is 29.0 Å². The van der Waals surface area contributed by atoms with Crippen LogP contribution in [-0.2, 0) is 17.6 Å². The molecular weight excluding hydrogens is 415 g/mol. The number of halogens is 1. The largest absolute Gasteiger partial charge is 0.342 e. The van der Waals surface area contributed by atoms with Crippen LogP contribution in [-0.4, -0.2) is 57.4 Å². The van der Waals surface area contributed by atoms with Crippen LogP contribution in [0.15, 0.2) is 48.5 Å². The minimum Gasteiger partial charge on any atom is -0.342 e. The van der Waals surface area contributed by atoms with Crippen molar-refractivity contribution in [1.82, 2.24) is 19.4 Å². The lowest BCUT2D eigenvalue weighted by Crippen LogP contribution is -2.58. The van der Waals surface area contributed by atoms with Crippen LogP contribution >= 0.6 is 11.5 Å². The van der Waals surface area contributed by atoms with Crippen LogP contribution in [0.1, 0.15) is 27.9 Å². The summed E-state index contributed by atoms with van der Waals surface area (Å²) in [6.07, 6.45) is 0.980. The maximum Gasteiger partial charge on any atom is 0.268 e. The molecule has 1 saturated heterocycles. The molecule has 31 heavy (non-hydrogen) atoms. The van der Waals surface area contributed by atoms with Gasteiger partial charge in [0.15, 0.2) is 0 Å². The van der Waals surface area contributed by atoms with Gasteiger partial charge in [-0.3, -0.25) is 9.59 Å². The van der Waals surface area contributed by atoms with E-state index in [-0.39, 0.29) is 17.6 Å². The molecule has 8 heteroatoms. The van der Waals surface area contributed by atoms with E-state index in [0.29, 0.717) is 36.5 Å². The summed E-state index contributed by atoms with van der Waals surface area (Å²) in [6, 6.07) is 13.4. The van der Waals surface area contributed by atoms with E-state index in [1.807, 2.05) is 31.2 Å². The molecule has 1 atom stereocenters. The lowest BCUT2D eigenvalue weighted by atomic mass is 9.93. The quantitative estimate of drug-likeness (QED) is 0.612. The molecule has 2 amide bonds. The Morgan fingerprint density at radius 1 is 1.16 bits per heavy atom. The third kappa shape index (κ3) is 4.20. The number of hydrogen-bond donors (Lipinski definition) is 0. The van der Waals surface area contributed by atoms with Crippen molar-refractivity contribution in [2.45, 2.75) is 25.8 Å². The Bertz CT molecular complexity index is 1100. The first-order chi connectivity index (χ1) is 15.0. The van der Waals surface area contributed by atoms with E-state index >= 15 is 0 Å². The molecule has 6 nitrogen and oxygen atoms in total. The summed E-state index contributed by atoms with van der Waals surface area (Å²) < 4.78 is 17.3. The van der Waals surface area contributed by atoms with Gasteiger partial charge in [-0.15, -0.1) is 5.10 Å². The number of piperazine rings is 1. The lowest BCUT2D eigenvalue weighted by molar-refractivity contribution is -0.138. The van der Waals surface area contributed by atoms with E-state index in [1.165, 1.54) is 12.1 Å². The van der Waals surface area contributed by atoms with E-state index < -0.39 is 6.04 Å². The molecule has 0 N–H and O–H groups in total. The van der Waals surface area contributed by atoms with Crippen molar-refractivity contribution in [2.24, 2.45) is 0 Å². The maximum absolute atomic E-state index is 13.4. The van der Waals surface area contributed by atoms with Gasteiger partial charge in [0.25, 0.3) is 5.91 Å². The van der Waals surface area contributed by atoms with Gasteiger partial charge < -0.3 is 9.80 Å². The van der Waals surface area contributed by atoms with Crippen LogP contribution in [0.2, 0.25) is 0 Å². The van der Waals surface area contributed by atoms with Crippen LogP contribution in [0.25, 0.3) is 11.1 Å². The smallest absolute Gasteiger partial charge is 0.268 e. The van der Waals surface area contributed by atoms with Crippen molar-refractivity contribution in [1.29, 1.82) is 0 Å². The number of benzene rings is 2. The fraction of sp³-hybridized carbons (Fsp3) is 0.304. The zero-order chi connectivity index (χ0) is 22.0. The van der Waals surface area contributed by atoms with E-state index in [2.05, 4.69) is 9.59 Å². The molecule has 1 aliphatic rings. The molecule has 0 aliphatic carbocycles. The molecule has 0 spiro atoms. The highest BCUT2D eigenvalue weighted by molar-refractivity contribution is 7.08. The molecule has 1 fully saturated rings. The van der Waals surface area contributed by atoms with Crippen molar-refractivity contribution in [3.8, 4) is 11.1 Å². The van der Waals surface area contributed by atoms with Gasteiger partial charge >= 0.3 is 0 Å². The monoisotopic (exact) mass is 438 g/mol. The number of nitrogens with zero attached hydrogens (tertiary/aromatic N) is 4. The first kappa shape index (κ1) is 21.1. The second kappa shape index (κ2) is 8.93. The van der Waals surface area contributed by atoms with E-state index in [9.17, 15) is 14.0 Å². The molecule has 1 aliphatic heterocycles. The number of aryl methyl sites for hydroxylation is 1. The predicted octanol–water partition coefficient (Wildman–Crippen LogP) is 3.43. The van der Waals surface area contributed by atoms with Gasteiger partial charge in [0.2, 0.25) is 5.91 Å². The van der Waals surface area contributed by atoms with Crippen LogP contribution in [0.5, 0.6) is 0 Å². The molecule has 2 aromatic carbocycles. The summed E-state index contributed by atoms with van der Waals surface area (Å²) in [5.41, 5.74) is 3.38. The fourth-order valence-electron chi connectivity index (χ4n) is 3.90. The van der Waals surface area contributed by atoms with Gasteiger partial charge in [-0.1, -0.05) is 47.8 Å². The maximum atomic E-state index is 13.4. The van der Waals surface area contributed by atoms with Gasteiger partial charge in [0.05, 0.1) is 5.69 Å². The number of aromatic nitrogens is 2. The van der Waals surface area contributed by atoms with Gasteiger partial charge in [0.1, 0.15) is 16.7 Å². The van der Waals surface area contributed by atoms with Gasteiger partial charge in [-0.2, -0.15) is 0 Å². The van der Waals surface area contributed by atoms with Crippen molar-refractivity contribution >= 4 is 23.3 Å². The van der Waals surface area contributed by atoms with E-state index in [4.69, 9.17) is 0 Å². The number of hydrogen-bond acceptors (Lipinski definition) is 5. The van der Waals surface area contributed by atoms with E-state index in [0.717, 1.165) is 28.2 Å². The van der Waals surface area contributed by atoms with Crippen molar-refractivity contribution < 1.29 is 14.0 Å². The molecule has 4 rings (SSSR count). The average Bonchev–Trinajstić information content (AvgIpc) is 3.26. The molecule has 1 unspecified atom stereocenters. The van der Waals surface area contributed by atoms with Crippen LogP contribution < -0.4 is 0 Å². The number of carbonyl (C=O) groups excluding carboxylic acids is 2. The minimum atomic E-state index is -0.625. The molecule has 2 heterocycles. The Kier molecular flexibility index (Phi) is 6.08. The van der Waals surface area contributed by atoms with Crippen molar-refractivity contribution in [3.05, 3.63) is 70.5 Å². The van der Waals surface area contributed by atoms with Crippen molar-refractivity contribution in [2.75, 3.05) is 20.1 Å². The fourth-order valence-corrected chi connectivity index (χ4v) is 4.61. The zero-order valence-corrected chi connectivity index (χ0v) is 18.2. The summed E-state index contributed by atoms with van der Waals surface area (Å²) in [6.45, 7) is 2.86. The molecule has 1 aromatic heterocycles. The number of rotatable bonds is 5. The Labute approximate surface area is 184 Å². The first-order valence-corrected chi connectivity index (χ1v) is 11.0. The third-order valence-corrected chi connectivity index (χ3v) is 6.40. The summed E-state index contributed by atoms with van der Waals surface area (Å²) in [5.74, 6) is -0.589. The first-order valence-electron chi connectivity index (χ1n) is 10.2. The second-order valence-corrected chi connectivity index (χ2v) is 8.30. The molecule has 160 valence electrons. The molecule has 0 saturated carbocycles. The van der Waals surface area contributed by atoms with Crippen LogP contribution in [0, 0.1) is 5.82 Å². The average molecular weight is 439 g/mol. The highest BCUT2D eigenvalue weighted by atomic mass is 32.1. The van der Waals surface area contributed by atoms with Crippen LogP contribution in [0.4, 0.5) is 4.39 Å². The normalized spacial score (nSPS) is 16.6. The Morgan fingerprint density at radius 3 is 2.65 bits per heavy atom. The summed E-state index contributed by atoms with van der Waals surface area (Å²) in [5, 5.41) is 4.05. The van der Waals surface area contributed by atoms with Gasteiger partial charge in [0, 0.05) is 26.6 Å². The number of carbonyl (C=O) groups is 2. The van der Waals surface area contributed by atoms with Crippen molar-refractivity contribution in [3.63, 3.8) is 0 Å². The number of likely N-dealkylation sites (N-methyl/N-ethyl adjacent to an activating group) is 1. The highest BCUT2D eigenvalue weighted by Gasteiger charge is 2.38. The van der Waals surface area contributed by atoms with Crippen LogP contribution in [0.3, 0.4) is 0 Å². The topological polar surface area (TPSA) is 66.4 Å². The molecule has 0 radical (unpaired) electrons. The summed E-state index contributed by atoms with van der Waals surface area (Å²) in [7, 11) is 1.76. The standard InChI is InChI=1S/C23H23FN4O2S/c1-3-19-21(31-26-25-19)23(30)28-13-12-27(2)22(29)20(28)14-16-6-4-5-7-18(16)15-8-10-17(24)11-9-15/h4-11,20H,3,12-14H2,1-2H3. The van der Waals surface area contributed by atoms with Gasteiger partial charge in [-0.25, -0.2) is 4.39 Å². The minimum absolute atomic E-state index is 0.0935. The number of amides is 2. The zero-order valence-electron chi connectivity index (χ0n) is 17.4. The highest BCUT2D eigenvalue weighted by Crippen LogP contribution is 2.28. The molecule has 0 bridgehead atoms. The Balaban J connectivity index is 1.68. The summed E-state index contributed by atoms with van der Waals surface area (Å²) in [4.78, 5) is 30.3. The van der Waals surface area contributed by atoms with Gasteiger partial charge in [-0.05, 0) is 46.8 Å². The Morgan fingerprint density at radius 2 is 1.90 bits per heavy atom. The molecule has 3 aromatic rings. The Hall–Kier alpha value is -3.13.